The average Bonchev–Trinajstić information content (AvgIpc) is 2.41. The molecule has 1 aromatic heterocycles. The number of nitrogens with zero attached hydrogens (tertiary/aromatic N) is 2. The number of nitrogen functional groups attached to an aromatic ring is 1. The van der Waals surface area contributed by atoms with Crippen LogP contribution in [-0.2, 0) is 14.8 Å². The zero-order chi connectivity index (χ0) is 14.0. The molecule has 0 aliphatic carbocycles. The van der Waals surface area contributed by atoms with E-state index in [9.17, 15) is 8.42 Å². The third-order valence-corrected chi connectivity index (χ3v) is 5.24. The van der Waals surface area contributed by atoms with E-state index in [2.05, 4.69) is 4.98 Å². The number of halogens is 1. The number of ether oxygens (including phenoxy) is 1. The third kappa shape index (κ3) is 3.00. The number of hydrogen-bond acceptors (Lipinski definition) is 5. The highest BCUT2D eigenvalue weighted by molar-refractivity contribution is 7.89. The fourth-order valence-electron chi connectivity index (χ4n) is 2.09. The zero-order valence-corrected chi connectivity index (χ0v) is 12.1. The molecule has 2 rings (SSSR count). The third-order valence-electron chi connectivity index (χ3n) is 3.14. The summed E-state index contributed by atoms with van der Waals surface area (Å²) < 4.78 is 31.6. The van der Waals surface area contributed by atoms with Crippen LogP contribution < -0.4 is 5.73 Å². The van der Waals surface area contributed by atoms with Gasteiger partial charge in [0.25, 0.3) is 0 Å². The van der Waals surface area contributed by atoms with Crippen molar-refractivity contribution in [2.24, 2.45) is 0 Å². The van der Waals surface area contributed by atoms with Crippen LogP contribution in [0.3, 0.4) is 0 Å². The van der Waals surface area contributed by atoms with Crippen molar-refractivity contribution in [1.82, 2.24) is 9.29 Å². The van der Waals surface area contributed by atoms with E-state index >= 15 is 0 Å². The summed E-state index contributed by atoms with van der Waals surface area (Å²) in [5.41, 5.74) is 5.64. The lowest BCUT2D eigenvalue weighted by Crippen LogP contribution is -2.43. The van der Waals surface area contributed by atoms with Gasteiger partial charge >= 0.3 is 0 Å². The fraction of sp³-hybridized carbons (Fsp3) is 0.545. The van der Waals surface area contributed by atoms with Crippen LogP contribution in [0.2, 0.25) is 5.02 Å². The number of piperidine rings is 1. The van der Waals surface area contributed by atoms with Crippen molar-refractivity contribution >= 4 is 27.4 Å². The zero-order valence-electron chi connectivity index (χ0n) is 10.5. The van der Waals surface area contributed by atoms with E-state index in [1.54, 1.807) is 7.11 Å². The summed E-state index contributed by atoms with van der Waals surface area (Å²) in [6.45, 7) is 0.777. The van der Waals surface area contributed by atoms with Gasteiger partial charge in [-0.05, 0) is 18.9 Å². The SMILES string of the molecule is COC1CCCN(S(=O)(=O)c2cc(Cl)cnc2N)C1. The molecule has 19 heavy (non-hydrogen) atoms. The maximum atomic E-state index is 12.5. The largest absolute Gasteiger partial charge is 0.383 e. The quantitative estimate of drug-likeness (QED) is 0.904. The first-order chi connectivity index (χ1) is 8.95. The molecule has 1 fully saturated rings. The van der Waals surface area contributed by atoms with Gasteiger partial charge < -0.3 is 10.5 Å². The van der Waals surface area contributed by atoms with Crippen LogP contribution in [0.25, 0.3) is 0 Å². The summed E-state index contributed by atoms with van der Waals surface area (Å²) in [5.74, 6) is -0.0380. The molecular formula is C11H16ClN3O3S. The number of rotatable bonds is 3. The topological polar surface area (TPSA) is 85.5 Å². The first-order valence-electron chi connectivity index (χ1n) is 5.89. The van der Waals surface area contributed by atoms with Gasteiger partial charge in [0.2, 0.25) is 10.0 Å². The van der Waals surface area contributed by atoms with Crippen LogP contribution in [0, 0.1) is 0 Å². The predicted molar refractivity (Wildman–Crippen MR) is 72.4 cm³/mol. The van der Waals surface area contributed by atoms with Gasteiger partial charge in [-0.2, -0.15) is 4.31 Å². The molecule has 0 radical (unpaired) electrons. The van der Waals surface area contributed by atoms with Gasteiger partial charge in [-0.15, -0.1) is 0 Å². The molecule has 8 heteroatoms. The van der Waals surface area contributed by atoms with Gasteiger partial charge in [0.1, 0.15) is 10.7 Å². The second-order valence-electron chi connectivity index (χ2n) is 4.40. The molecule has 1 aliphatic heterocycles. The Hall–Kier alpha value is -0.890. The Labute approximate surface area is 117 Å². The van der Waals surface area contributed by atoms with Crippen molar-refractivity contribution in [3.63, 3.8) is 0 Å². The van der Waals surface area contributed by atoms with E-state index in [0.29, 0.717) is 13.1 Å². The fourth-order valence-corrected chi connectivity index (χ4v) is 3.92. The predicted octanol–water partition coefficient (Wildman–Crippen LogP) is 1.12. The van der Waals surface area contributed by atoms with Gasteiger partial charge in [0, 0.05) is 26.4 Å². The Morgan fingerprint density at radius 3 is 3.00 bits per heavy atom. The molecule has 106 valence electrons. The Morgan fingerprint density at radius 1 is 1.58 bits per heavy atom. The summed E-state index contributed by atoms with van der Waals surface area (Å²) in [6, 6.07) is 1.33. The molecule has 1 unspecified atom stereocenters. The maximum Gasteiger partial charge on any atom is 0.246 e. The minimum Gasteiger partial charge on any atom is -0.383 e. The van der Waals surface area contributed by atoms with Gasteiger partial charge in [0.15, 0.2) is 0 Å². The normalized spacial score (nSPS) is 21.5. The molecule has 0 aromatic carbocycles. The Balaban J connectivity index is 2.34. The van der Waals surface area contributed by atoms with Gasteiger partial charge in [0.05, 0.1) is 11.1 Å². The van der Waals surface area contributed by atoms with Crippen LogP contribution in [0.1, 0.15) is 12.8 Å². The molecule has 1 atom stereocenters. The van der Waals surface area contributed by atoms with Crippen molar-refractivity contribution < 1.29 is 13.2 Å². The van der Waals surface area contributed by atoms with Gasteiger partial charge in [-0.1, -0.05) is 11.6 Å². The highest BCUT2D eigenvalue weighted by atomic mass is 35.5. The standard InChI is InChI=1S/C11H16ClN3O3S/c1-18-9-3-2-4-15(7-9)19(16,17)10-5-8(12)6-14-11(10)13/h5-6,9H,2-4,7H2,1H3,(H2,13,14). The number of pyridine rings is 1. The lowest BCUT2D eigenvalue weighted by molar-refractivity contribution is 0.0572. The van der Waals surface area contributed by atoms with Crippen molar-refractivity contribution in [3.05, 3.63) is 17.3 Å². The van der Waals surface area contributed by atoms with Crippen molar-refractivity contribution in [3.8, 4) is 0 Å². The van der Waals surface area contributed by atoms with Crippen LogP contribution in [0.4, 0.5) is 5.82 Å². The summed E-state index contributed by atoms with van der Waals surface area (Å²) >= 11 is 5.79. The molecule has 1 saturated heterocycles. The molecule has 1 aliphatic rings. The molecule has 0 spiro atoms. The van der Waals surface area contributed by atoms with Crippen molar-refractivity contribution in [2.45, 2.75) is 23.8 Å². The number of aromatic nitrogens is 1. The first-order valence-corrected chi connectivity index (χ1v) is 7.71. The van der Waals surface area contributed by atoms with Crippen molar-refractivity contribution in [2.75, 3.05) is 25.9 Å². The second-order valence-corrected chi connectivity index (χ2v) is 6.74. The van der Waals surface area contributed by atoms with E-state index in [1.165, 1.54) is 16.6 Å². The van der Waals surface area contributed by atoms with E-state index < -0.39 is 10.0 Å². The van der Waals surface area contributed by atoms with Gasteiger partial charge in [-0.3, -0.25) is 0 Å². The lowest BCUT2D eigenvalue weighted by Gasteiger charge is -2.31. The number of hydrogen-bond donors (Lipinski definition) is 1. The number of sulfonamides is 1. The molecular weight excluding hydrogens is 290 g/mol. The monoisotopic (exact) mass is 305 g/mol. The number of anilines is 1. The molecule has 0 bridgehead atoms. The van der Waals surface area contributed by atoms with Gasteiger partial charge in [-0.25, -0.2) is 13.4 Å². The highest BCUT2D eigenvalue weighted by Gasteiger charge is 2.32. The Kier molecular flexibility index (Phi) is 4.29. The Morgan fingerprint density at radius 2 is 2.32 bits per heavy atom. The van der Waals surface area contributed by atoms with E-state index in [0.717, 1.165) is 12.8 Å². The lowest BCUT2D eigenvalue weighted by atomic mass is 10.1. The second kappa shape index (κ2) is 5.62. The van der Waals surface area contributed by atoms with Crippen molar-refractivity contribution in [1.29, 1.82) is 0 Å². The number of methoxy groups -OCH3 is 1. The van der Waals surface area contributed by atoms with Crippen LogP contribution in [-0.4, -0.2) is 44.0 Å². The summed E-state index contributed by atoms with van der Waals surface area (Å²) in [6.07, 6.45) is 2.85. The summed E-state index contributed by atoms with van der Waals surface area (Å²) in [5, 5.41) is 0.244. The average molecular weight is 306 g/mol. The molecule has 6 nitrogen and oxygen atoms in total. The van der Waals surface area contributed by atoms with Crippen LogP contribution in [0.15, 0.2) is 17.2 Å². The molecule has 2 N–H and O–H groups in total. The van der Waals surface area contributed by atoms with Crippen LogP contribution in [0.5, 0.6) is 0 Å². The molecule has 1 aromatic rings. The van der Waals surface area contributed by atoms with E-state index in [-0.39, 0.29) is 21.8 Å². The smallest absolute Gasteiger partial charge is 0.246 e. The first kappa shape index (κ1) is 14.5. The molecule has 0 saturated carbocycles. The van der Waals surface area contributed by atoms with Crippen LogP contribution >= 0.6 is 11.6 Å². The Bertz CT molecular complexity index is 564. The summed E-state index contributed by atoms with van der Waals surface area (Å²) in [4.78, 5) is 3.74. The molecule has 2 heterocycles. The van der Waals surface area contributed by atoms with E-state index in [1.807, 2.05) is 0 Å². The summed E-state index contributed by atoms with van der Waals surface area (Å²) in [7, 11) is -2.10. The van der Waals surface area contributed by atoms with E-state index in [4.69, 9.17) is 22.1 Å². The minimum absolute atomic E-state index is 0.0380. The molecule has 0 amide bonds. The maximum absolute atomic E-state index is 12.5. The highest BCUT2D eigenvalue weighted by Crippen LogP contribution is 2.26. The minimum atomic E-state index is -3.68. The number of nitrogens with two attached hydrogens (primary N) is 1.